The van der Waals surface area contributed by atoms with Crippen LogP contribution in [0.3, 0.4) is 0 Å². The van der Waals surface area contributed by atoms with Gasteiger partial charge in [-0.15, -0.1) is 11.3 Å². The fourth-order valence-corrected chi connectivity index (χ4v) is 4.23. The van der Waals surface area contributed by atoms with Crippen LogP contribution in [-0.4, -0.2) is 40.1 Å². The minimum Gasteiger partial charge on any atom is -0.481 e. The molecule has 6 nitrogen and oxygen atoms in total. The fourth-order valence-electron chi connectivity index (χ4n) is 3.26. The van der Waals surface area contributed by atoms with Crippen LogP contribution in [0.2, 0.25) is 0 Å². The molecule has 0 radical (unpaired) electrons. The number of hydrogen-bond donors (Lipinski definition) is 2. The normalized spacial score (nSPS) is 17.0. The van der Waals surface area contributed by atoms with Crippen LogP contribution in [0.1, 0.15) is 12.8 Å². The number of piperidine rings is 1. The number of amides is 2. The molecule has 2 aromatic carbocycles. The smallest absolute Gasteiger partial charge is 0.321 e. The maximum absolute atomic E-state index is 12.4. The lowest BCUT2D eigenvalue weighted by Gasteiger charge is -2.30. The molecule has 0 bridgehead atoms. The van der Waals surface area contributed by atoms with Crippen molar-refractivity contribution in [3.63, 3.8) is 0 Å². The number of rotatable bonds is 3. The zero-order valence-corrected chi connectivity index (χ0v) is 15.4. The van der Waals surface area contributed by atoms with Crippen molar-refractivity contribution in [1.82, 2.24) is 9.88 Å². The largest absolute Gasteiger partial charge is 0.481 e. The Labute approximate surface area is 160 Å². The van der Waals surface area contributed by atoms with Gasteiger partial charge in [-0.25, -0.2) is 9.78 Å². The van der Waals surface area contributed by atoms with Gasteiger partial charge in [0.1, 0.15) is 5.01 Å². The molecule has 138 valence electrons. The van der Waals surface area contributed by atoms with Gasteiger partial charge < -0.3 is 15.3 Å². The summed E-state index contributed by atoms with van der Waals surface area (Å²) in [6.07, 6.45) is 1.33. The van der Waals surface area contributed by atoms with Crippen molar-refractivity contribution in [2.24, 2.45) is 5.92 Å². The van der Waals surface area contributed by atoms with E-state index in [-0.39, 0.29) is 12.6 Å². The van der Waals surface area contributed by atoms with Crippen molar-refractivity contribution in [2.75, 3.05) is 18.4 Å². The van der Waals surface area contributed by atoms with E-state index in [0.717, 1.165) is 20.8 Å². The number of likely N-dealkylation sites (tertiary alicyclic amines) is 1. The minimum absolute atomic E-state index is 0.255. The minimum atomic E-state index is -0.840. The zero-order chi connectivity index (χ0) is 18.8. The van der Waals surface area contributed by atoms with Crippen molar-refractivity contribution in [1.29, 1.82) is 0 Å². The Bertz CT molecular complexity index is 951. The van der Waals surface area contributed by atoms with Gasteiger partial charge in [-0.3, -0.25) is 4.79 Å². The second-order valence-corrected chi connectivity index (χ2v) is 7.65. The molecule has 27 heavy (non-hydrogen) atoms. The summed E-state index contributed by atoms with van der Waals surface area (Å²) in [6.45, 7) is 0.838. The number of anilines is 1. The molecular weight excluding hydrogens is 362 g/mol. The summed E-state index contributed by atoms with van der Waals surface area (Å²) in [7, 11) is 0. The molecular formula is C20H19N3O3S. The number of hydrogen-bond acceptors (Lipinski definition) is 4. The predicted molar refractivity (Wildman–Crippen MR) is 106 cm³/mol. The van der Waals surface area contributed by atoms with Crippen molar-refractivity contribution < 1.29 is 14.7 Å². The summed E-state index contributed by atoms with van der Waals surface area (Å²) in [6, 6.07) is 15.3. The quantitative estimate of drug-likeness (QED) is 0.709. The number of nitrogens with zero attached hydrogens (tertiary/aromatic N) is 2. The number of carbonyl (C=O) groups excluding carboxylic acids is 1. The van der Waals surface area contributed by atoms with Crippen LogP contribution in [0.5, 0.6) is 0 Å². The Hall–Kier alpha value is -2.93. The number of benzene rings is 2. The average Bonchev–Trinajstić information content (AvgIpc) is 3.13. The van der Waals surface area contributed by atoms with E-state index in [1.54, 1.807) is 16.2 Å². The molecule has 0 aliphatic carbocycles. The van der Waals surface area contributed by atoms with Crippen molar-refractivity contribution in [3.05, 3.63) is 48.5 Å². The van der Waals surface area contributed by atoms with Crippen LogP contribution in [0.4, 0.5) is 10.5 Å². The van der Waals surface area contributed by atoms with Crippen LogP contribution >= 0.6 is 11.3 Å². The van der Waals surface area contributed by atoms with E-state index in [2.05, 4.69) is 10.3 Å². The highest BCUT2D eigenvalue weighted by atomic mass is 32.1. The van der Waals surface area contributed by atoms with Crippen molar-refractivity contribution >= 4 is 39.2 Å². The lowest BCUT2D eigenvalue weighted by Crippen LogP contribution is -2.44. The van der Waals surface area contributed by atoms with E-state index in [1.807, 2.05) is 48.5 Å². The van der Waals surface area contributed by atoms with Crippen LogP contribution in [0, 0.1) is 5.92 Å². The maximum Gasteiger partial charge on any atom is 0.321 e. The second-order valence-electron chi connectivity index (χ2n) is 6.62. The summed E-state index contributed by atoms with van der Waals surface area (Å²) in [5.74, 6) is -1.32. The summed E-state index contributed by atoms with van der Waals surface area (Å²) in [5.41, 5.74) is 2.66. The summed E-state index contributed by atoms with van der Waals surface area (Å²) >= 11 is 1.63. The number of fused-ring (bicyclic) bond motifs is 1. The van der Waals surface area contributed by atoms with Gasteiger partial charge in [-0.1, -0.05) is 12.1 Å². The van der Waals surface area contributed by atoms with Gasteiger partial charge in [0.05, 0.1) is 16.1 Å². The van der Waals surface area contributed by atoms with Gasteiger partial charge in [-0.05, 0) is 49.2 Å². The predicted octanol–water partition coefficient (Wildman–Crippen LogP) is 4.29. The number of carboxylic acids is 1. The number of nitrogens with one attached hydrogen (secondary N) is 1. The number of aromatic nitrogens is 1. The molecule has 3 aromatic rings. The highest BCUT2D eigenvalue weighted by Gasteiger charge is 2.28. The topological polar surface area (TPSA) is 82.5 Å². The number of para-hydroxylation sites is 1. The molecule has 1 aliphatic heterocycles. The molecule has 1 saturated heterocycles. The third-order valence-corrected chi connectivity index (χ3v) is 5.82. The lowest BCUT2D eigenvalue weighted by molar-refractivity contribution is -0.143. The molecule has 1 atom stereocenters. The highest BCUT2D eigenvalue weighted by molar-refractivity contribution is 7.21. The standard InChI is InChI=1S/C20H19N3O3S/c24-19(25)14-4-3-11-23(12-14)20(26)21-15-9-7-13(8-10-15)18-22-16-5-1-2-6-17(16)27-18/h1-2,5-10,14H,3-4,11-12H2,(H,21,26)(H,24,25). The first-order chi connectivity index (χ1) is 13.1. The molecule has 7 heteroatoms. The third kappa shape index (κ3) is 3.78. The van der Waals surface area contributed by atoms with E-state index in [1.165, 1.54) is 0 Å². The molecule has 1 aliphatic rings. The first-order valence-corrected chi connectivity index (χ1v) is 9.66. The third-order valence-electron chi connectivity index (χ3n) is 4.73. The Morgan fingerprint density at radius 1 is 1.15 bits per heavy atom. The SMILES string of the molecule is O=C(O)C1CCCN(C(=O)Nc2ccc(-c3nc4ccccc4s3)cc2)C1. The average molecular weight is 381 g/mol. The van der Waals surface area contributed by atoms with Crippen molar-refractivity contribution in [2.45, 2.75) is 12.8 Å². The molecule has 2 amide bonds. The van der Waals surface area contributed by atoms with E-state index >= 15 is 0 Å². The Morgan fingerprint density at radius 3 is 2.67 bits per heavy atom. The molecule has 4 rings (SSSR count). The van der Waals surface area contributed by atoms with Gasteiger partial charge in [0.2, 0.25) is 0 Å². The molecule has 0 saturated carbocycles. The summed E-state index contributed by atoms with van der Waals surface area (Å²) < 4.78 is 1.14. The van der Waals surface area contributed by atoms with E-state index in [4.69, 9.17) is 5.11 Å². The van der Waals surface area contributed by atoms with Crippen molar-refractivity contribution in [3.8, 4) is 10.6 Å². The van der Waals surface area contributed by atoms with Gasteiger partial charge in [-0.2, -0.15) is 0 Å². The highest BCUT2D eigenvalue weighted by Crippen LogP contribution is 2.30. The number of aliphatic carboxylic acids is 1. The van der Waals surface area contributed by atoms with E-state index < -0.39 is 11.9 Å². The number of carboxylic acid groups (broad SMARTS) is 1. The Kier molecular flexibility index (Phi) is 4.77. The fraction of sp³-hybridized carbons (Fsp3) is 0.250. The maximum atomic E-state index is 12.4. The molecule has 0 spiro atoms. The van der Waals surface area contributed by atoms with E-state index in [9.17, 15) is 9.59 Å². The summed E-state index contributed by atoms with van der Waals surface area (Å²) in [4.78, 5) is 29.8. The lowest BCUT2D eigenvalue weighted by atomic mass is 9.99. The molecule has 1 aromatic heterocycles. The summed E-state index contributed by atoms with van der Waals surface area (Å²) in [5, 5.41) is 12.9. The first kappa shape index (κ1) is 17.5. The van der Waals surface area contributed by atoms with Gasteiger partial charge >= 0.3 is 12.0 Å². The van der Waals surface area contributed by atoms with E-state index in [0.29, 0.717) is 25.1 Å². The van der Waals surface area contributed by atoms with Gasteiger partial charge in [0.15, 0.2) is 0 Å². The van der Waals surface area contributed by atoms with Crippen LogP contribution in [0.15, 0.2) is 48.5 Å². The number of carbonyl (C=O) groups is 2. The zero-order valence-electron chi connectivity index (χ0n) is 14.6. The van der Waals surface area contributed by atoms with Gasteiger partial charge in [0, 0.05) is 24.3 Å². The molecule has 1 unspecified atom stereocenters. The van der Waals surface area contributed by atoms with Crippen LogP contribution in [-0.2, 0) is 4.79 Å². The number of urea groups is 1. The number of thiazole rings is 1. The monoisotopic (exact) mass is 381 g/mol. The Balaban J connectivity index is 1.44. The first-order valence-electron chi connectivity index (χ1n) is 8.85. The molecule has 1 fully saturated rings. The second kappa shape index (κ2) is 7.36. The van der Waals surface area contributed by atoms with Gasteiger partial charge in [0.25, 0.3) is 0 Å². The molecule has 2 N–H and O–H groups in total. The van der Waals surface area contributed by atoms with Crippen LogP contribution < -0.4 is 5.32 Å². The van der Waals surface area contributed by atoms with Crippen LogP contribution in [0.25, 0.3) is 20.8 Å². The molecule has 2 heterocycles. The Morgan fingerprint density at radius 2 is 1.93 bits per heavy atom.